The van der Waals surface area contributed by atoms with Crippen LogP contribution in [0.2, 0.25) is 0 Å². The highest BCUT2D eigenvalue weighted by Gasteiger charge is 2.60. The lowest BCUT2D eigenvalue weighted by Gasteiger charge is -2.60. The number of rotatable bonds is 6. The number of methoxy groups -OCH3 is 1. The molecule has 0 radical (unpaired) electrons. The minimum absolute atomic E-state index is 0.00995. The molecule has 0 aromatic heterocycles. The quantitative estimate of drug-likeness (QED) is 0.545. The molecule has 2 amide bonds. The number of carbonyl (C=O) groups is 2. The Morgan fingerprint density at radius 1 is 1.19 bits per heavy atom. The smallest absolute Gasteiger partial charge is 0.411 e. The number of amides is 2. The molecular weight excluding hydrogens is 464 g/mol. The number of hydrogen-bond donors (Lipinski definition) is 3. The zero-order valence-electron chi connectivity index (χ0n) is 21.6. The molecule has 9 heteroatoms. The summed E-state index contributed by atoms with van der Waals surface area (Å²) in [4.78, 5) is 27.7. The third-order valence-corrected chi connectivity index (χ3v) is 9.00. The number of hydrogen-bond acceptors (Lipinski definition) is 7. The van der Waals surface area contributed by atoms with Crippen LogP contribution in [0.15, 0.2) is 24.3 Å². The van der Waals surface area contributed by atoms with Crippen molar-refractivity contribution in [3.8, 4) is 5.75 Å². The maximum absolute atomic E-state index is 13.1. The molecule has 1 saturated heterocycles. The molecule has 200 valence electrons. The van der Waals surface area contributed by atoms with Crippen molar-refractivity contribution in [1.29, 1.82) is 0 Å². The van der Waals surface area contributed by atoms with E-state index in [1.165, 1.54) is 0 Å². The first-order chi connectivity index (χ1) is 17.2. The number of benzene rings is 1. The van der Waals surface area contributed by atoms with Gasteiger partial charge in [-0.05, 0) is 55.1 Å². The van der Waals surface area contributed by atoms with Crippen LogP contribution < -0.4 is 10.1 Å². The number of ether oxygens (including phenoxy) is 3. The predicted octanol–water partition coefficient (Wildman–Crippen LogP) is 3.05. The number of nitrogens with zero attached hydrogens (tertiary/aromatic N) is 1. The summed E-state index contributed by atoms with van der Waals surface area (Å²) in [6.45, 7) is 6.19. The van der Waals surface area contributed by atoms with Gasteiger partial charge in [0.05, 0.1) is 33.0 Å². The molecule has 3 N–H and O–H groups in total. The van der Waals surface area contributed by atoms with Gasteiger partial charge in [0, 0.05) is 36.7 Å². The van der Waals surface area contributed by atoms with Gasteiger partial charge in [0.25, 0.3) is 0 Å². The second-order valence-electron chi connectivity index (χ2n) is 11.0. The van der Waals surface area contributed by atoms with Gasteiger partial charge in [-0.3, -0.25) is 10.1 Å². The van der Waals surface area contributed by atoms with E-state index in [0.717, 1.165) is 0 Å². The number of anilines is 1. The number of carbonyl (C=O) groups excluding carboxylic acids is 2. The van der Waals surface area contributed by atoms with Crippen LogP contribution in [-0.2, 0) is 14.3 Å². The predicted molar refractivity (Wildman–Crippen MR) is 134 cm³/mol. The van der Waals surface area contributed by atoms with Crippen molar-refractivity contribution in [2.75, 3.05) is 45.3 Å². The van der Waals surface area contributed by atoms with Crippen molar-refractivity contribution in [2.45, 2.75) is 58.2 Å². The van der Waals surface area contributed by atoms with E-state index in [0.29, 0.717) is 63.4 Å². The number of nitrogens with one attached hydrogen (secondary N) is 1. The summed E-state index contributed by atoms with van der Waals surface area (Å²) in [5, 5.41) is 24.4. The molecule has 0 unspecified atom stereocenters. The van der Waals surface area contributed by atoms with Gasteiger partial charge in [-0.1, -0.05) is 19.9 Å². The summed E-state index contributed by atoms with van der Waals surface area (Å²) >= 11 is 0. The molecule has 4 rings (SSSR count). The summed E-state index contributed by atoms with van der Waals surface area (Å²) in [6.07, 6.45) is 1.13. The molecule has 2 aliphatic carbocycles. The summed E-state index contributed by atoms with van der Waals surface area (Å²) in [6, 6.07) is 7.04. The Hall–Kier alpha value is -2.36. The average Bonchev–Trinajstić information content (AvgIpc) is 2.88. The largest absolute Gasteiger partial charge is 0.497 e. The Kier molecular flexibility index (Phi) is 8.12. The van der Waals surface area contributed by atoms with E-state index in [1.54, 1.807) is 31.4 Å². The minimum Gasteiger partial charge on any atom is -0.497 e. The SMILES string of the molecule is COc1cccc(NC(=O)O[C@@H]2CC[C@]3(C)[C@@H](CC[C@@H](O)[C@H]3CC(=O)N3CCOCC3)[C@]2(C)CO)c1. The fraction of sp³-hybridized carbons (Fsp3) is 0.704. The zero-order valence-corrected chi connectivity index (χ0v) is 21.6. The average molecular weight is 505 g/mol. The van der Waals surface area contributed by atoms with Gasteiger partial charge >= 0.3 is 6.09 Å². The van der Waals surface area contributed by atoms with E-state index in [9.17, 15) is 19.8 Å². The lowest BCUT2D eigenvalue weighted by molar-refractivity contribution is -0.187. The molecule has 1 aliphatic heterocycles. The van der Waals surface area contributed by atoms with Crippen LogP contribution in [0, 0.1) is 22.7 Å². The molecule has 1 heterocycles. The molecule has 1 aromatic rings. The van der Waals surface area contributed by atoms with E-state index >= 15 is 0 Å². The summed E-state index contributed by atoms with van der Waals surface area (Å²) < 4.78 is 16.5. The van der Waals surface area contributed by atoms with E-state index in [1.807, 2.05) is 11.8 Å². The fourth-order valence-electron chi connectivity index (χ4n) is 6.89. The molecule has 3 aliphatic rings. The van der Waals surface area contributed by atoms with Gasteiger partial charge in [0.1, 0.15) is 11.9 Å². The zero-order chi connectivity index (χ0) is 25.9. The Morgan fingerprint density at radius 2 is 1.94 bits per heavy atom. The fourth-order valence-corrected chi connectivity index (χ4v) is 6.89. The van der Waals surface area contributed by atoms with Gasteiger partial charge in [-0.2, -0.15) is 0 Å². The van der Waals surface area contributed by atoms with Crippen LogP contribution in [0.5, 0.6) is 5.75 Å². The monoisotopic (exact) mass is 504 g/mol. The van der Waals surface area contributed by atoms with Crippen LogP contribution in [0.4, 0.5) is 10.5 Å². The van der Waals surface area contributed by atoms with E-state index in [2.05, 4.69) is 12.2 Å². The van der Waals surface area contributed by atoms with Crippen molar-refractivity contribution in [3.63, 3.8) is 0 Å². The standard InChI is InChI=1S/C27H40N2O7/c1-26-10-9-23(36-25(33)28-18-5-4-6-19(15-18)34-3)27(2,17-30)22(26)8-7-21(31)20(26)16-24(32)29-11-13-35-14-12-29/h4-6,15,20-23,30-31H,7-14,16-17H2,1-3H3,(H,28,33)/t20-,21-,22-,23-,26+,27+/m1/s1. The molecule has 0 spiro atoms. The van der Waals surface area contributed by atoms with Gasteiger partial charge in [0.15, 0.2) is 0 Å². The highest BCUT2D eigenvalue weighted by molar-refractivity contribution is 5.85. The molecule has 36 heavy (non-hydrogen) atoms. The van der Waals surface area contributed by atoms with Crippen LogP contribution in [-0.4, -0.2) is 79.3 Å². The van der Waals surface area contributed by atoms with E-state index in [-0.39, 0.29) is 36.2 Å². The lowest BCUT2D eigenvalue weighted by Crippen LogP contribution is -2.61. The maximum atomic E-state index is 13.1. The van der Waals surface area contributed by atoms with Gasteiger partial charge in [0.2, 0.25) is 5.91 Å². The maximum Gasteiger partial charge on any atom is 0.411 e. The van der Waals surface area contributed by atoms with Crippen molar-refractivity contribution in [1.82, 2.24) is 4.90 Å². The van der Waals surface area contributed by atoms with Crippen molar-refractivity contribution >= 4 is 17.7 Å². The third kappa shape index (κ3) is 5.19. The number of morpholine rings is 1. The number of aliphatic hydroxyl groups is 2. The van der Waals surface area contributed by atoms with Crippen LogP contribution in [0.25, 0.3) is 0 Å². The van der Waals surface area contributed by atoms with Gasteiger partial charge in [-0.25, -0.2) is 4.79 Å². The Bertz CT molecular complexity index is 936. The highest BCUT2D eigenvalue weighted by atomic mass is 16.6. The first kappa shape index (κ1) is 26.7. The minimum atomic E-state index is -0.695. The van der Waals surface area contributed by atoms with E-state index in [4.69, 9.17) is 14.2 Å². The molecule has 9 nitrogen and oxygen atoms in total. The highest BCUT2D eigenvalue weighted by Crippen LogP contribution is 2.61. The Balaban J connectivity index is 1.48. The molecule has 6 atom stereocenters. The lowest BCUT2D eigenvalue weighted by atomic mass is 9.46. The Morgan fingerprint density at radius 3 is 2.64 bits per heavy atom. The summed E-state index contributed by atoms with van der Waals surface area (Å²) in [5.74, 6) is 0.444. The van der Waals surface area contributed by atoms with Gasteiger partial charge in [-0.15, -0.1) is 0 Å². The first-order valence-corrected chi connectivity index (χ1v) is 13.0. The summed E-state index contributed by atoms with van der Waals surface area (Å²) in [5.41, 5.74) is -0.493. The topological polar surface area (TPSA) is 118 Å². The molecule has 0 bridgehead atoms. The normalized spacial score (nSPS) is 34.4. The van der Waals surface area contributed by atoms with Crippen LogP contribution in [0.1, 0.15) is 46.0 Å². The number of fused-ring (bicyclic) bond motifs is 1. The second-order valence-corrected chi connectivity index (χ2v) is 11.0. The third-order valence-electron chi connectivity index (χ3n) is 9.00. The molecule has 3 fully saturated rings. The van der Waals surface area contributed by atoms with E-state index < -0.39 is 23.7 Å². The summed E-state index contributed by atoms with van der Waals surface area (Å²) in [7, 11) is 1.56. The van der Waals surface area contributed by atoms with Crippen LogP contribution in [0.3, 0.4) is 0 Å². The number of aliphatic hydroxyl groups excluding tert-OH is 2. The van der Waals surface area contributed by atoms with Gasteiger partial charge < -0.3 is 29.3 Å². The second kappa shape index (κ2) is 10.9. The molecular formula is C27H40N2O7. The van der Waals surface area contributed by atoms with Crippen LogP contribution >= 0.6 is 0 Å². The molecule has 1 aromatic carbocycles. The Labute approximate surface area is 213 Å². The van der Waals surface area contributed by atoms with Crippen molar-refractivity contribution in [2.24, 2.45) is 22.7 Å². The van der Waals surface area contributed by atoms with Crippen molar-refractivity contribution < 1.29 is 34.0 Å². The molecule has 2 saturated carbocycles. The first-order valence-electron chi connectivity index (χ1n) is 13.0. The van der Waals surface area contributed by atoms with Crippen molar-refractivity contribution in [3.05, 3.63) is 24.3 Å².